The van der Waals surface area contributed by atoms with Gasteiger partial charge in [-0.3, -0.25) is 0 Å². The second-order valence-electron chi connectivity index (χ2n) is 4.16. The lowest BCUT2D eigenvalue weighted by molar-refractivity contribution is -0.671. The molecule has 122 valence electrons. The van der Waals surface area contributed by atoms with E-state index in [-0.39, 0.29) is 11.1 Å². The smallest absolute Gasteiger partial charge is 0.336 e. The molecule has 1 aromatic heterocycles. The molecule has 0 saturated heterocycles. The number of benzene rings is 1. The molecule has 0 aliphatic rings. The average Bonchev–Trinajstić information content (AvgIpc) is 2.94. The Morgan fingerprint density at radius 1 is 1.26 bits per heavy atom. The van der Waals surface area contributed by atoms with Gasteiger partial charge in [-0.1, -0.05) is 24.4 Å². The van der Waals surface area contributed by atoms with Crippen LogP contribution >= 0.6 is 12.2 Å². The van der Waals surface area contributed by atoms with Gasteiger partial charge in [-0.05, 0) is 19.1 Å². The monoisotopic (exact) mass is 335 g/mol. The molecule has 0 saturated carbocycles. The van der Waals surface area contributed by atoms with Gasteiger partial charge in [0, 0.05) is 0 Å². The normalized spacial score (nSPS) is 8.61. The number of carbonyl (C=O) groups is 2. The third kappa shape index (κ3) is 7.66. The number of thiocarbonyl (C=S) groups is 1. The molecule has 0 radical (unpaired) electrons. The Morgan fingerprint density at radius 3 is 1.91 bits per heavy atom. The summed E-state index contributed by atoms with van der Waals surface area (Å²) in [6, 6.07) is 5.48. The molecule has 1 heterocycles. The largest absolute Gasteiger partial charge is 0.753 e. The Bertz CT molecular complexity index is 659. The van der Waals surface area contributed by atoms with Crippen LogP contribution in [0.15, 0.2) is 43.0 Å². The van der Waals surface area contributed by atoms with Gasteiger partial charge < -0.3 is 15.6 Å². The fourth-order valence-electron chi connectivity index (χ4n) is 1.54. The van der Waals surface area contributed by atoms with Crippen molar-refractivity contribution < 1.29 is 24.4 Å². The summed E-state index contributed by atoms with van der Waals surface area (Å²) in [7, 11) is 2.02. The van der Waals surface area contributed by atoms with Crippen molar-refractivity contribution in [1.29, 1.82) is 0 Å². The number of nitrogens with zero attached hydrogens (tertiary/aromatic N) is 3. The van der Waals surface area contributed by atoms with Gasteiger partial charge in [0.1, 0.15) is 12.4 Å². The SMILES string of the molecule is CCn1cc[n+](C)c1.O=C(O)c1ccccc1C(=O)O.[N-]=C=S. The number of carboxylic acids is 2. The van der Waals surface area contributed by atoms with Crippen molar-refractivity contribution in [3.63, 3.8) is 0 Å². The van der Waals surface area contributed by atoms with E-state index in [1.807, 2.05) is 17.8 Å². The summed E-state index contributed by atoms with van der Waals surface area (Å²) in [5.74, 6) is -2.46. The highest BCUT2D eigenvalue weighted by molar-refractivity contribution is 7.78. The minimum absolute atomic E-state index is 0.190. The molecule has 1 aromatic carbocycles. The molecule has 0 aliphatic heterocycles. The van der Waals surface area contributed by atoms with E-state index in [9.17, 15) is 9.59 Å². The number of hydrogen-bond donors (Lipinski definition) is 2. The van der Waals surface area contributed by atoms with Crippen molar-refractivity contribution in [2.24, 2.45) is 7.05 Å². The molecular formula is C15H17N3O4S. The number of rotatable bonds is 3. The number of aromatic nitrogens is 2. The van der Waals surface area contributed by atoms with E-state index < -0.39 is 11.9 Å². The summed E-state index contributed by atoms with van der Waals surface area (Å²) in [5.41, 5.74) is -0.380. The van der Waals surface area contributed by atoms with Crippen molar-refractivity contribution in [2.75, 3.05) is 0 Å². The van der Waals surface area contributed by atoms with Gasteiger partial charge in [-0.15, -0.1) is 0 Å². The van der Waals surface area contributed by atoms with Gasteiger partial charge in [-0.25, -0.2) is 18.7 Å². The molecule has 0 fully saturated rings. The van der Waals surface area contributed by atoms with Crippen LogP contribution < -0.4 is 4.57 Å². The minimum atomic E-state index is -1.23. The first kappa shape index (κ1) is 20.2. The highest BCUT2D eigenvalue weighted by Crippen LogP contribution is 2.07. The fourth-order valence-corrected chi connectivity index (χ4v) is 1.54. The lowest BCUT2D eigenvalue weighted by atomic mass is 10.1. The van der Waals surface area contributed by atoms with Crippen LogP contribution in [0.2, 0.25) is 0 Å². The number of imidazole rings is 1. The maximum absolute atomic E-state index is 10.5. The lowest BCUT2D eigenvalue weighted by Crippen LogP contribution is -2.23. The van der Waals surface area contributed by atoms with Crippen LogP contribution in [-0.4, -0.2) is 31.9 Å². The summed E-state index contributed by atoms with van der Waals surface area (Å²) >= 11 is 3.70. The van der Waals surface area contributed by atoms with Crippen molar-refractivity contribution >= 4 is 29.3 Å². The number of carboxylic acid groups (broad SMARTS) is 2. The maximum Gasteiger partial charge on any atom is 0.336 e. The summed E-state index contributed by atoms with van der Waals surface area (Å²) in [6.45, 7) is 3.18. The standard InChI is InChI=1S/C8H6O4.C6H11N2.CNS/c9-7(10)5-3-1-2-4-6(5)8(11)12;1-3-8-5-4-7(2)6-8;2-1-3/h1-4H,(H,9,10)(H,11,12);4-6H,3H2,1-2H3;/q;+1;-1. The van der Waals surface area contributed by atoms with E-state index in [1.165, 1.54) is 29.4 Å². The Morgan fingerprint density at radius 2 is 1.70 bits per heavy atom. The van der Waals surface area contributed by atoms with E-state index >= 15 is 0 Å². The van der Waals surface area contributed by atoms with Gasteiger partial charge >= 0.3 is 11.9 Å². The molecule has 0 unspecified atom stereocenters. The van der Waals surface area contributed by atoms with Crippen molar-refractivity contribution in [2.45, 2.75) is 13.5 Å². The fraction of sp³-hybridized carbons (Fsp3) is 0.200. The minimum Gasteiger partial charge on any atom is -0.753 e. The Hall–Kier alpha value is -2.83. The predicted octanol–water partition coefficient (Wildman–Crippen LogP) is 2.07. The third-order valence-electron chi connectivity index (χ3n) is 2.58. The summed E-state index contributed by atoms with van der Waals surface area (Å²) < 4.78 is 4.16. The molecule has 0 amide bonds. The zero-order valence-electron chi connectivity index (χ0n) is 12.7. The summed E-state index contributed by atoms with van der Waals surface area (Å²) in [4.78, 5) is 20.9. The first-order valence-corrected chi connectivity index (χ1v) is 6.86. The summed E-state index contributed by atoms with van der Waals surface area (Å²) in [6.07, 6.45) is 6.14. The molecule has 2 aromatic rings. The van der Waals surface area contributed by atoms with E-state index in [2.05, 4.69) is 36.2 Å². The van der Waals surface area contributed by atoms with Gasteiger partial charge in [0.15, 0.2) is 0 Å². The van der Waals surface area contributed by atoms with Gasteiger partial charge in [-0.2, -0.15) is 5.16 Å². The Labute approximate surface area is 138 Å². The molecule has 8 heteroatoms. The zero-order valence-corrected chi connectivity index (χ0v) is 13.5. The van der Waals surface area contributed by atoms with Crippen LogP contribution in [0, 0.1) is 0 Å². The van der Waals surface area contributed by atoms with Gasteiger partial charge in [0.05, 0.1) is 24.7 Å². The first-order valence-electron chi connectivity index (χ1n) is 6.45. The molecule has 0 atom stereocenters. The van der Waals surface area contributed by atoms with Crippen molar-refractivity contribution in [3.05, 3.63) is 59.5 Å². The number of aromatic carboxylic acids is 2. The molecule has 0 aliphatic carbocycles. The van der Waals surface area contributed by atoms with Gasteiger partial charge in [0.25, 0.3) is 0 Å². The van der Waals surface area contributed by atoms with Crippen LogP contribution in [0.1, 0.15) is 27.6 Å². The quantitative estimate of drug-likeness (QED) is 0.507. The number of hydrogen-bond acceptors (Lipinski definition) is 3. The molecule has 2 N–H and O–H groups in total. The van der Waals surface area contributed by atoms with Crippen molar-refractivity contribution in [3.8, 4) is 0 Å². The first-order chi connectivity index (χ1) is 10.9. The van der Waals surface area contributed by atoms with E-state index in [0.717, 1.165) is 6.54 Å². The van der Waals surface area contributed by atoms with E-state index in [1.54, 1.807) is 0 Å². The topological polar surface area (TPSA) is 106 Å². The van der Waals surface area contributed by atoms with E-state index in [0.29, 0.717) is 0 Å². The maximum atomic E-state index is 10.5. The summed E-state index contributed by atoms with van der Waals surface area (Å²) in [5, 5.41) is 25.6. The van der Waals surface area contributed by atoms with Crippen LogP contribution in [0.25, 0.3) is 5.41 Å². The Balaban J connectivity index is 0.000000379. The molecule has 2 rings (SSSR count). The molecule has 0 spiro atoms. The molecular weight excluding hydrogens is 318 g/mol. The highest BCUT2D eigenvalue weighted by atomic mass is 32.1. The zero-order chi connectivity index (χ0) is 17.8. The van der Waals surface area contributed by atoms with Gasteiger partial charge in [0.2, 0.25) is 6.33 Å². The predicted molar refractivity (Wildman–Crippen MR) is 87.6 cm³/mol. The molecule has 7 nitrogen and oxygen atoms in total. The van der Waals surface area contributed by atoms with E-state index in [4.69, 9.17) is 15.6 Å². The van der Waals surface area contributed by atoms with Crippen LogP contribution in [0.5, 0.6) is 0 Å². The number of aryl methyl sites for hydroxylation is 2. The Kier molecular flexibility index (Phi) is 9.50. The third-order valence-corrected chi connectivity index (χ3v) is 2.58. The second kappa shape index (κ2) is 10.8. The van der Waals surface area contributed by atoms with Crippen LogP contribution in [0.3, 0.4) is 0 Å². The van der Waals surface area contributed by atoms with Crippen LogP contribution in [-0.2, 0) is 13.6 Å². The average molecular weight is 335 g/mol. The highest BCUT2D eigenvalue weighted by Gasteiger charge is 2.13. The van der Waals surface area contributed by atoms with Crippen molar-refractivity contribution in [1.82, 2.24) is 4.57 Å². The number of isothiocyanates is 1. The lowest BCUT2D eigenvalue weighted by Gasteiger charge is -1.98. The molecule has 23 heavy (non-hydrogen) atoms. The van der Waals surface area contributed by atoms with Crippen LogP contribution in [0.4, 0.5) is 0 Å². The second-order valence-corrected chi connectivity index (χ2v) is 4.34. The molecule has 0 bridgehead atoms.